The smallest absolute Gasteiger partial charge is 0.305 e. The fraction of sp³-hybridized carbons (Fsp3) is 0.588. The highest BCUT2D eigenvalue weighted by atomic mass is 32.2. The van der Waals surface area contributed by atoms with Gasteiger partial charge in [0.1, 0.15) is 0 Å². The number of hydrogen-bond donors (Lipinski definition) is 2. The lowest BCUT2D eigenvalue weighted by Crippen LogP contribution is -2.69. The third-order valence-electron chi connectivity index (χ3n) is 4.29. The summed E-state index contributed by atoms with van der Waals surface area (Å²) >= 11 is 0. The van der Waals surface area contributed by atoms with Crippen LogP contribution in [-0.4, -0.2) is 50.1 Å². The lowest BCUT2D eigenvalue weighted by Gasteiger charge is -2.47. The Labute approximate surface area is 143 Å². The lowest BCUT2D eigenvalue weighted by molar-refractivity contribution is -0.140. The predicted octanol–water partition coefficient (Wildman–Crippen LogP) is 1.86. The van der Waals surface area contributed by atoms with Crippen molar-refractivity contribution in [1.82, 2.24) is 9.62 Å². The number of aliphatic carboxylic acids is 1. The molecule has 7 heteroatoms. The highest BCUT2D eigenvalue weighted by molar-refractivity contribution is 7.89. The maximum Gasteiger partial charge on any atom is 0.305 e. The Balaban J connectivity index is 2.07. The van der Waals surface area contributed by atoms with Gasteiger partial charge in [-0.1, -0.05) is 31.9 Å². The minimum atomic E-state index is -3.73. The van der Waals surface area contributed by atoms with E-state index in [1.807, 2.05) is 24.1 Å². The molecular formula is C17H26N2O4S. The number of aryl methyl sites for hydroxylation is 1. The minimum absolute atomic E-state index is 0.182. The maximum atomic E-state index is 12.6. The van der Waals surface area contributed by atoms with E-state index < -0.39 is 21.5 Å². The van der Waals surface area contributed by atoms with Gasteiger partial charge in [0, 0.05) is 13.1 Å². The normalized spacial score (nSPS) is 17.4. The summed E-state index contributed by atoms with van der Waals surface area (Å²) < 4.78 is 27.8. The first kappa shape index (κ1) is 18.9. The molecule has 1 fully saturated rings. The second-order valence-electron chi connectivity index (χ2n) is 6.73. The number of unbranched alkanes of at least 4 members (excludes halogenated alkanes) is 2. The van der Waals surface area contributed by atoms with Crippen LogP contribution < -0.4 is 4.72 Å². The molecule has 1 aromatic carbocycles. The zero-order valence-electron chi connectivity index (χ0n) is 14.3. The zero-order chi connectivity index (χ0) is 17.8. The maximum absolute atomic E-state index is 12.6. The van der Waals surface area contributed by atoms with Crippen molar-refractivity contribution >= 4 is 16.0 Å². The number of carboxylic acids is 1. The molecule has 2 rings (SSSR count). The highest BCUT2D eigenvalue weighted by Gasteiger charge is 2.45. The first-order valence-corrected chi connectivity index (χ1v) is 9.78. The van der Waals surface area contributed by atoms with Crippen LogP contribution in [0.5, 0.6) is 0 Å². The molecule has 1 aliphatic heterocycles. The molecule has 0 saturated carbocycles. The Bertz CT molecular complexity index is 664. The van der Waals surface area contributed by atoms with Crippen LogP contribution in [0.4, 0.5) is 0 Å². The molecule has 6 nitrogen and oxygen atoms in total. The molecule has 0 unspecified atom stereocenters. The summed E-state index contributed by atoms with van der Waals surface area (Å²) in [4.78, 5) is 13.1. The number of carboxylic acid groups (broad SMARTS) is 1. The van der Waals surface area contributed by atoms with Gasteiger partial charge in [0.15, 0.2) is 0 Å². The fourth-order valence-electron chi connectivity index (χ4n) is 3.25. The molecular weight excluding hydrogens is 328 g/mol. The van der Waals surface area contributed by atoms with Crippen molar-refractivity contribution in [2.45, 2.75) is 49.5 Å². The molecule has 0 atom stereocenters. The summed E-state index contributed by atoms with van der Waals surface area (Å²) in [7, 11) is -1.90. The quantitative estimate of drug-likeness (QED) is 0.661. The van der Waals surface area contributed by atoms with Gasteiger partial charge in [-0.3, -0.25) is 4.79 Å². The van der Waals surface area contributed by atoms with Crippen LogP contribution in [0, 0.1) is 0 Å². The molecule has 134 valence electrons. The fourth-order valence-corrected chi connectivity index (χ4v) is 4.63. The van der Waals surface area contributed by atoms with Crippen molar-refractivity contribution in [1.29, 1.82) is 0 Å². The number of rotatable bonds is 9. The van der Waals surface area contributed by atoms with Gasteiger partial charge in [-0.15, -0.1) is 0 Å². The van der Waals surface area contributed by atoms with Crippen LogP contribution in [0.1, 0.15) is 38.2 Å². The van der Waals surface area contributed by atoms with E-state index >= 15 is 0 Å². The number of carbonyl (C=O) groups is 1. The van der Waals surface area contributed by atoms with Crippen LogP contribution in [0.3, 0.4) is 0 Å². The average Bonchev–Trinajstić information content (AvgIpc) is 2.45. The van der Waals surface area contributed by atoms with Crippen LogP contribution in [-0.2, 0) is 21.2 Å². The molecule has 0 amide bonds. The SMILES string of the molecule is CCCCCc1ccc(S(=O)(=O)NC2(CC(=O)O)CN(C)C2)cc1. The molecule has 0 bridgehead atoms. The largest absolute Gasteiger partial charge is 0.481 e. The van der Waals surface area contributed by atoms with Crippen molar-refractivity contribution in [3.8, 4) is 0 Å². The van der Waals surface area contributed by atoms with Crippen LogP contribution >= 0.6 is 0 Å². The van der Waals surface area contributed by atoms with Crippen LogP contribution in [0.25, 0.3) is 0 Å². The number of benzene rings is 1. The highest BCUT2D eigenvalue weighted by Crippen LogP contribution is 2.26. The van der Waals surface area contributed by atoms with E-state index in [0.717, 1.165) is 31.2 Å². The van der Waals surface area contributed by atoms with Gasteiger partial charge in [-0.2, -0.15) is 0 Å². The Kier molecular flexibility index (Phi) is 6.01. The Morgan fingerprint density at radius 1 is 1.25 bits per heavy atom. The summed E-state index contributed by atoms with van der Waals surface area (Å²) in [5.41, 5.74) is 0.199. The van der Waals surface area contributed by atoms with Crippen molar-refractivity contribution in [3.63, 3.8) is 0 Å². The zero-order valence-corrected chi connectivity index (χ0v) is 15.1. The first-order valence-electron chi connectivity index (χ1n) is 8.30. The minimum Gasteiger partial charge on any atom is -0.481 e. The molecule has 0 radical (unpaired) electrons. The van der Waals surface area contributed by atoms with Crippen molar-refractivity contribution in [2.24, 2.45) is 0 Å². The van der Waals surface area contributed by atoms with Crippen molar-refractivity contribution in [3.05, 3.63) is 29.8 Å². The second kappa shape index (κ2) is 7.63. The Hall–Kier alpha value is -1.44. The molecule has 0 aromatic heterocycles. The third-order valence-corrected chi connectivity index (χ3v) is 5.88. The summed E-state index contributed by atoms with van der Waals surface area (Å²) in [6, 6.07) is 6.86. The molecule has 0 aliphatic carbocycles. The monoisotopic (exact) mass is 354 g/mol. The van der Waals surface area contributed by atoms with Crippen molar-refractivity contribution < 1.29 is 18.3 Å². The van der Waals surface area contributed by atoms with Crippen LogP contribution in [0.2, 0.25) is 0 Å². The standard InChI is InChI=1S/C17H26N2O4S/c1-3-4-5-6-14-7-9-15(10-8-14)24(22,23)18-17(11-16(20)21)12-19(2)13-17/h7-10,18H,3-6,11-13H2,1-2H3,(H,20,21). The molecule has 1 heterocycles. The van der Waals surface area contributed by atoms with E-state index in [1.54, 1.807) is 12.1 Å². The summed E-state index contributed by atoms with van der Waals surface area (Å²) in [5.74, 6) is -1.00. The van der Waals surface area contributed by atoms with E-state index in [1.165, 1.54) is 0 Å². The molecule has 1 aliphatic rings. The lowest BCUT2D eigenvalue weighted by atomic mass is 9.88. The Morgan fingerprint density at radius 3 is 2.38 bits per heavy atom. The average molecular weight is 354 g/mol. The number of hydrogen-bond acceptors (Lipinski definition) is 4. The summed E-state index contributed by atoms with van der Waals surface area (Å²) in [5, 5.41) is 9.05. The van der Waals surface area contributed by atoms with E-state index in [0.29, 0.717) is 13.1 Å². The van der Waals surface area contributed by atoms with Gasteiger partial charge < -0.3 is 10.0 Å². The van der Waals surface area contributed by atoms with Gasteiger partial charge in [-0.25, -0.2) is 13.1 Å². The molecule has 0 spiro atoms. The molecule has 1 saturated heterocycles. The van der Waals surface area contributed by atoms with E-state index in [4.69, 9.17) is 5.11 Å². The number of sulfonamides is 1. The summed E-state index contributed by atoms with van der Waals surface area (Å²) in [6.07, 6.45) is 4.12. The van der Waals surface area contributed by atoms with Gasteiger partial charge in [0.2, 0.25) is 10.0 Å². The van der Waals surface area contributed by atoms with Crippen LogP contribution in [0.15, 0.2) is 29.2 Å². The second-order valence-corrected chi connectivity index (χ2v) is 8.41. The molecule has 24 heavy (non-hydrogen) atoms. The van der Waals surface area contributed by atoms with E-state index in [2.05, 4.69) is 11.6 Å². The summed E-state index contributed by atoms with van der Waals surface area (Å²) in [6.45, 7) is 2.94. The first-order chi connectivity index (χ1) is 11.3. The van der Waals surface area contributed by atoms with Gasteiger partial charge in [-0.05, 0) is 37.6 Å². The number of likely N-dealkylation sites (tertiary alicyclic amines) is 1. The number of nitrogens with one attached hydrogen (secondary N) is 1. The topological polar surface area (TPSA) is 86.7 Å². The third kappa shape index (κ3) is 4.78. The predicted molar refractivity (Wildman–Crippen MR) is 92.5 cm³/mol. The van der Waals surface area contributed by atoms with E-state index in [9.17, 15) is 13.2 Å². The number of likely N-dealkylation sites (N-methyl/N-ethyl adjacent to an activating group) is 1. The van der Waals surface area contributed by atoms with Crippen molar-refractivity contribution in [2.75, 3.05) is 20.1 Å². The molecule has 1 aromatic rings. The van der Waals surface area contributed by atoms with Gasteiger partial charge in [0.05, 0.1) is 16.9 Å². The van der Waals surface area contributed by atoms with Gasteiger partial charge in [0.25, 0.3) is 0 Å². The Morgan fingerprint density at radius 2 is 1.88 bits per heavy atom. The molecule has 2 N–H and O–H groups in total. The van der Waals surface area contributed by atoms with E-state index in [-0.39, 0.29) is 11.3 Å². The number of nitrogens with zero attached hydrogens (tertiary/aromatic N) is 1. The van der Waals surface area contributed by atoms with Gasteiger partial charge >= 0.3 is 5.97 Å².